The Morgan fingerprint density at radius 2 is 2.10 bits per heavy atom. The van der Waals surface area contributed by atoms with E-state index in [0.29, 0.717) is 18.5 Å². The van der Waals surface area contributed by atoms with Crippen molar-refractivity contribution in [1.29, 1.82) is 0 Å². The average Bonchev–Trinajstić information content (AvgIpc) is 2.43. The molecule has 0 aromatic heterocycles. The molecule has 3 N–H and O–H groups in total. The summed E-state index contributed by atoms with van der Waals surface area (Å²) in [6, 6.07) is 6.80. The van der Waals surface area contributed by atoms with E-state index < -0.39 is 5.97 Å². The predicted molar refractivity (Wildman–Crippen MR) is 77.3 cm³/mol. The van der Waals surface area contributed by atoms with Crippen LogP contribution < -0.4 is 10.6 Å². The maximum absolute atomic E-state index is 11.7. The van der Waals surface area contributed by atoms with Gasteiger partial charge in [0.25, 0.3) is 0 Å². The van der Waals surface area contributed by atoms with Crippen molar-refractivity contribution in [2.24, 2.45) is 0 Å². The summed E-state index contributed by atoms with van der Waals surface area (Å²) in [7, 11) is 0. The van der Waals surface area contributed by atoms with Gasteiger partial charge >= 0.3 is 5.97 Å². The number of ether oxygens (including phenoxy) is 1. The van der Waals surface area contributed by atoms with Gasteiger partial charge in [0.1, 0.15) is 6.61 Å². The van der Waals surface area contributed by atoms with Crippen molar-refractivity contribution in [2.75, 3.05) is 26.2 Å². The van der Waals surface area contributed by atoms with Crippen LogP contribution in [0, 0.1) is 0 Å². The van der Waals surface area contributed by atoms with Gasteiger partial charge in [0, 0.05) is 19.6 Å². The van der Waals surface area contributed by atoms with Crippen LogP contribution in [0.3, 0.4) is 0 Å². The molecule has 6 nitrogen and oxygen atoms in total. The second-order valence-corrected chi connectivity index (χ2v) is 5.40. The Labute approximate surface area is 123 Å². The molecule has 1 aliphatic heterocycles. The summed E-state index contributed by atoms with van der Waals surface area (Å²) in [6.45, 7) is 3.89. The molecule has 1 amide bonds. The molecule has 0 radical (unpaired) electrons. The average molecular weight is 292 g/mol. The zero-order valence-corrected chi connectivity index (χ0v) is 12.0. The fourth-order valence-electron chi connectivity index (χ4n) is 2.15. The van der Waals surface area contributed by atoms with Crippen LogP contribution >= 0.6 is 0 Å². The topological polar surface area (TPSA) is 87.7 Å². The van der Waals surface area contributed by atoms with Crippen molar-refractivity contribution in [2.45, 2.75) is 18.9 Å². The van der Waals surface area contributed by atoms with Gasteiger partial charge in [0.2, 0.25) is 5.91 Å². The molecule has 1 aliphatic rings. The molecular weight excluding hydrogens is 272 g/mol. The van der Waals surface area contributed by atoms with Crippen LogP contribution in [-0.4, -0.2) is 48.8 Å². The number of hydrogen-bond donors (Lipinski definition) is 3. The number of hydrogen-bond acceptors (Lipinski definition) is 4. The molecule has 1 fully saturated rings. The molecular formula is C15H20N2O4. The van der Waals surface area contributed by atoms with Crippen molar-refractivity contribution in [3.8, 4) is 0 Å². The minimum Gasteiger partial charge on any atom is -0.478 e. The lowest BCUT2D eigenvalue weighted by atomic mass is 10.0. The Morgan fingerprint density at radius 1 is 1.38 bits per heavy atom. The van der Waals surface area contributed by atoms with E-state index >= 15 is 0 Å². The molecule has 1 heterocycles. The maximum atomic E-state index is 11.7. The van der Waals surface area contributed by atoms with Crippen LogP contribution in [0.5, 0.6) is 0 Å². The summed E-state index contributed by atoms with van der Waals surface area (Å²) in [5.41, 5.74) is 0.741. The van der Waals surface area contributed by atoms with Gasteiger partial charge in [-0.05, 0) is 25.0 Å². The highest BCUT2D eigenvalue weighted by molar-refractivity contribution is 5.89. The second kappa shape index (κ2) is 6.69. The molecule has 0 aliphatic carbocycles. The highest BCUT2D eigenvalue weighted by Crippen LogP contribution is 2.14. The fraction of sp³-hybridized carbons (Fsp3) is 0.467. The molecule has 0 saturated carbocycles. The lowest BCUT2D eigenvalue weighted by Gasteiger charge is -2.38. The number of rotatable bonds is 7. The Kier molecular flexibility index (Phi) is 4.93. The molecule has 2 rings (SSSR count). The van der Waals surface area contributed by atoms with E-state index in [0.717, 1.165) is 13.1 Å². The molecule has 1 saturated heterocycles. The van der Waals surface area contributed by atoms with Gasteiger partial charge in [-0.2, -0.15) is 0 Å². The van der Waals surface area contributed by atoms with Crippen molar-refractivity contribution >= 4 is 11.9 Å². The van der Waals surface area contributed by atoms with E-state index in [1.165, 1.54) is 0 Å². The lowest BCUT2D eigenvalue weighted by molar-refractivity contribution is -0.135. The normalized spacial score (nSPS) is 16.0. The minimum atomic E-state index is -0.953. The molecule has 1 aromatic rings. The minimum absolute atomic E-state index is 0.0265. The Morgan fingerprint density at radius 3 is 2.71 bits per heavy atom. The number of aromatic carboxylic acids is 1. The number of amides is 1. The molecule has 6 heteroatoms. The first-order valence-electron chi connectivity index (χ1n) is 6.93. The Bertz CT molecular complexity index is 526. The number of carbonyl (C=O) groups is 2. The largest absolute Gasteiger partial charge is 0.478 e. The summed E-state index contributed by atoms with van der Waals surface area (Å²) in [4.78, 5) is 22.7. The fourth-order valence-corrected chi connectivity index (χ4v) is 2.15. The molecule has 0 unspecified atom stereocenters. The number of benzene rings is 1. The van der Waals surface area contributed by atoms with Gasteiger partial charge in [-0.25, -0.2) is 4.79 Å². The van der Waals surface area contributed by atoms with Gasteiger partial charge < -0.3 is 20.5 Å². The second-order valence-electron chi connectivity index (χ2n) is 5.40. The van der Waals surface area contributed by atoms with Crippen LogP contribution in [0.15, 0.2) is 24.3 Å². The van der Waals surface area contributed by atoms with E-state index in [-0.39, 0.29) is 23.7 Å². The van der Waals surface area contributed by atoms with Gasteiger partial charge in [-0.3, -0.25) is 4.79 Å². The van der Waals surface area contributed by atoms with Gasteiger partial charge in [-0.1, -0.05) is 18.2 Å². The molecule has 21 heavy (non-hydrogen) atoms. The zero-order chi connectivity index (χ0) is 15.3. The van der Waals surface area contributed by atoms with Gasteiger partial charge in [-0.15, -0.1) is 0 Å². The van der Waals surface area contributed by atoms with Gasteiger partial charge in [0.05, 0.1) is 11.2 Å². The quantitative estimate of drug-likeness (QED) is 0.678. The van der Waals surface area contributed by atoms with Crippen molar-refractivity contribution in [3.05, 3.63) is 35.4 Å². The summed E-state index contributed by atoms with van der Waals surface area (Å²) < 4.78 is 5.52. The van der Waals surface area contributed by atoms with E-state index in [1.807, 2.05) is 6.92 Å². The number of carboxylic acid groups (broad SMARTS) is 1. The SMILES string of the molecule is CC1(OCC(=O)NCCc2ccccc2C(=O)O)CNC1. The number of nitrogens with one attached hydrogen (secondary N) is 2. The number of carboxylic acids is 1. The first-order chi connectivity index (χ1) is 10.0. The van der Waals surface area contributed by atoms with Crippen molar-refractivity contribution < 1.29 is 19.4 Å². The van der Waals surface area contributed by atoms with E-state index in [4.69, 9.17) is 9.84 Å². The standard InChI is InChI=1S/C15H20N2O4/c1-15(9-16-10-15)21-8-13(18)17-7-6-11-4-2-3-5-12(11)14(19)20/h2-5,16H,6-10H2,1H3,(H,17,18)(H,19,20). The molecule has 1 aromatic carbocycles. The first-order valence-corrected chi connectivity index (χ1v) is 6.93. The third kappa shape index (κ3) is 4.27. The van der Waals surface area contributed by atoms with E-state index in [2.05, 4.69) is 10.6 Å². The first kappa shape index (κ1) is 15.5. The zero-order valence-electron chi connectivity index (χ0n) is 12.0. The third-order valence-corrected chi connectivity index (χ3v) is 3.51. The summed E-state index contributed by atoms with van der Waals surface area (Å²) in [5, 5.41) is 14.9. The van der Waals surface area contributed by atoms with Crippen molar-refractivity contribution in [3.63, 3.8) is 0 Å². The van der Waals surface area contributed by atoms with Gasteiger partial charge in [0.15, 0.2) is 0 Å². The molecule has 0 atom stereocenters. The monoisotopic (exact) mass is 292 g/mol. The van der Waals surface area contributed by atoms with E-state index in [1.54, 1.807) is 24.3 Å². The third-order valence-electron chi connectivity index (χ3n) is 3.51. The number of carbonyl (C=O) groups excluding carboxylic acids is 1. The predicted octanol–water partition coefficient (Wildman–Crippen LogP) is 0.422. The highest BCUT2D eigenvalue weighted by atomic mass is 16.5. The van der Waals surface area contributed by atoms with Crippen LogP contribution in [-0.2, 0) is 16.0 Å². The maximum Gasteiger partial charge on any atom is 0.335 e. The molecule has 0 bridgehead atoms. The summed E-state index contributed by atoms with van der Waals surface area (Å²) in [5.74, 6) is -1.14. The van der Waals surface area contributed by atoms with Crippen LogP contribution in [0.1, 0.15) is 22.8 Å². The Hall–Kier alpha value is -1.92. The van der Waals surface area contributed by atoms with Crippen LogP contribution in [0.25, 0.3) is 0 Å². The highest BCUT2D eigenvalue weighted by Gasteiger charge is 2.32. The van der Waals surface area contributed by atoms with Crippen LogP contribution in [0.4, 0.5) is 0 Å². The summed E-state index contributed by atoms with van der Waals surface area (Å²) >= 11 is 0. The Balaban J connectivity index is 1.74. The summed E-state index contributed by atoms with van der Waals surface area (Å²) in [6.07, 6.45) is 0.479. The smallest absolute Gasteiger partial charge is 0.335 e. The lowest BCUT2D eigenvalue weighted by Crippen LogP contribution is -2.59. The molecule has 114 valence electrons. The van der Waals surface area contributed by atoms with E-state index in [9.17, 15) is 9.59 Å². The van der Waals surface area contributed by atoms with Crippen molar-refractivity contribution in [1.82, 2.24) is 10.6 Å². The molecule has 0 spiro atoms. The van der Waals surface area contributed by atoms with Crippen LogP contribution in [0.2, 0.25) is 0 Å².